The summed E-state index contributed by atoms with van der Waals surface area (Å²) in [7, 11) is 0. The van der Waals surface area contributed by atoms with Crippen molar-refractivity contribution in [2.75, 3.05) is 6.54 Å². The minimum Gasteiger partial charge on any atom is -0.444 e. The van der Waals surface area contributed by atoms with Gasteiger partial charge in [-0.05, 0) is 57.7 Å². The van der Waals surface area contributed by atoms with Crippen molar-refractivity contribution in [2.45, 2.75) is 51.7 Å². The predicted octanol–water partition coefficient (Wildman–Crippen LogP) is 4.02. The fourth-order valence-corrected chi connectivity index (χ4v) is 2.60. The Morgan fingerprint density at radius 2 is 1.95 bits per heavy atom. The molecule has 4 heteroatoms. The molecule has 0 bridgehead atoms. The Morgan fingerprint density at radius 3 is 2.52 bits per heavy atom. The zero-order valence-corrected chi connectivity index (χ0v) is 12.9. The molecule has 1 unspecified atom stereocenters. The van der Waals surface area contributed by atoms with E-state index in [0.29, 0.717) is 5.56 Å². The fraction of sp³-hybridized carbons (Fsp3) is 0.529. The lowest BCUT2D eigenvalue weighted by atomic mass is 9.95. The van der Waals surface area contributed by atoms with Gasteiger partial charge in [0.25, 0.3) is 0 Å². The van der Waals surface area contributed by atoms with Gasteiger partial charge in [0.15, 0.2) is 0 Å². The van der Waals surface area contributed by atoms with Crippen LogP contribution in [0, 0.1) is 11.3 Å². The van der Waals surface area contributed by atoms with E-state index in [-0.39, 0.29) is 12.1 Å². The number of likely N-dealkylation sites (tertiary alicyclic amines) is 1. The summed E-state index contributed by atoms with van der Waals surface area (Å²) in [6, 6.07) is 9.64. The molecule has 1 aromatic rings. The van der Waals surface area contributed by atoms with Crippen molar-refractivity contribution in [1.82, 2.24) is 4.90 Å². The SMILES string of the molecule is CC(C)(C)OC(=O)N1CCCCC1c1ccc(C#N)cc1. The molecule has 1 amide bonds. The quantitative estimate of drug-likeness (QED) is 0.783. The lowest BCUT2D eigenvalue weighted by Gasteiger charge is -2.37. The van der Waals surface area contributed by atoms with Gasteiger partial charge in [-0.1, -0.05) is 12.1 Å². The summed E-state index contributed by atoms with van der Waals surface area (Å²) in [6.45, 7) is 6.36. The van der Waals surface area contributed by atoms with Gasteiger partial charge in [-0.25, -0.2) is 4.79 Å². The Kier molecular flexibility index (Phi) is 4.52. The summed E-state index contributed by atoms with van der Waals surface area (Å²) in [6.07, 6.45) is 2.79. The zero-order chi connectivity index (χ0) is 15.5. The molecule has 1 aromatic carbocycles. The molecular formula is C17H22N2O2. The second-order valence-corrected chi connectivity index (χ2v) is 6.42. The van der Waals surface area contributed by atoms with E-state index in [0.717, 1.165) is 31.4 Å². The standard InChI is InChI=1S/C17H22N2O2/c1-17(2,3)21-16(20)19-11-5-4-6-15(19)14-9-7-13(12-18)8-10-14/h7-10,15H,4-6,11H2,1-3H3. The van der Waals surface area contributed by atoms with E-state index < -0.39 is 5.60 Å². The number of carbonyl (C=O) groups is 1. The zero-order valence-electron chi connectivity index (χ0n) is 12.9. The second kappa shape index (κ2) is 6.17. The minimum absolute atomic E-state index is 0.0429. The Balaban J connectivity index is 2.18. The predicted molar refractivity (Wildman–Crippen MR) is 80.7 cm³/mol. The number of amides is 1. The molecule has 0 aromatic heterocycles. The summed E-state index contributed by atoms with van der Waals surface area (Å²) in [4.78, 5) is 14.2. The molecule has 0 saturated carbocycles. The molecule has 0 radical (unpaired) electrons. The van der Waals surface area contributed by atoms with Gasteiger partial charge >= 0.3 is 6.09 Å². The van der Waals surface area contributed by atoms with Crippen LogP contribution in [0.5, 0.6) is 0 Å². The molecule has 112 valence electrons. The van der Waals surface area contributed by atoms with E-state index in [1.807, 2.05) is 37.8 Å². The Labute approximate surface area is 126 Å². The van der Waals surface area contributed by atoms with Crippen LogP contribution in [-0.2, 0) is 4.74 Å². The van der Waals surface area contributed by atoms with Crippen molar-refractivity contribution in [3.8, 4) is 6.07 Å². The maximum atomic E-state index is 12.4. The summed E-state index contributed by atoms with van der Waals surface area (Å²) >= 11 is 0. The number of benzene rings is 1. The molecule has 2 rings (SSSR count). The van der Waals surface area contributed by atoms with Crippen molar-refractivity contribution in [2.24, 2.45) is 0 Å². The van der Waals surface area contributed by atoms with Crippen molar-refractivity contribution >= 4 is 6.09 Å². The molecule has 1 saturated heterocycles. The van der Waals surface area contributed by atoms with Crippen molar-refractivity contribution < 1.29 is 9.53 Å². The molecule has 1 atom stereocenters. The maximum Gasteiger partial charge on any atom is 0.410 e. The molecule has 21 heavy (non-hydrogen) atoms. The number of hydrogen-bond donors (Lipinski definition) is 0. The number of nitrogens with zero attached hydrogens (tertiary/aromatic N) is 2. The van der Waals surface area contributed by atoms with Gasteiger partial charge in [0, 0.05) is 6.54 Å². The largest absolute Gasteiger partial charge is 0.444 e. The smallest absolute Gasteiger partial charge is 0.410 e. The van der Waals surface area contributed by atoms with E-state index in [1.165, 1.54) is 0 Å². The lowest BCUT2D eigenvalue weighted by molar-refractivity contribution is 0.00951. The normalized spacial score (nSPS) is 19.0. The van der Waals surface area contributed by atoms with Crippen molar-refractivity contribution in [3.63, 3.8) is 0 Å². The summed E-state index contributed by atoms with van der Waals surface area (Å²) < 4.78 is 5.51. The monoisotopic (exact) mass is 286 g/mol. The Hall–Kier alpha value is -2.02. The van der Waals surface area contributed by atoms with E-state index >= 15 is 0 Å². The minimum atomic E-state index is -0.482. The molecule has 1 aliphatic heterocycles. The highest BCUT2D eigenvalue weighted by Crippen LogP contribution is 2.32. The van der Waals surface area contributed by atoms with E-state index in [9.17, 15) is 4.79 Å². The third kappa shape index (κ3) is 3.98. The van der Waals surface area contributed by atoms with Crippen LogP contribution in [0.25, 0.3) is 0 Å². The van der Waals surface area contributed by atoms with Gasteiger partial charge in [0.05, 0.1) is 17.7 Å². The number of nitriles is 1. The molecule has 1 heterocycles. The van der Waals surface area contributed by atoms with Gasteiger partial charge in [0.2, 0.25) is 0 Å². The first-order valence-electron chi connectivity index (χ1n) is 7.40. The summed E-state index contributed by atoms with van der Waals surface area (Å²) in [5.41, 5.74) is 1.22. The number of rotatable bonds is 1. The summed E-state index contributed by atoms with van der Waals surface area (Å²) in [5.74, 6) is 0. The third-order valence-electron chi connectivity index (χ3n) is 3.56. The molecule has 1 aliphatic rings. The van der Waals surface area contributed by atoms with Crippen LogP contribution in [0.3, 0.4) is 0 Å². The highest BCUT2D eigenvalue weighted by molar-refractivity contribution is 5.69. The number of ether oxygens (including phenoxy) is 1. The first kappa shape index (κ1) is 15.4. The third-order valence-corrected chi connectivity index (χ3v) is 3.56. The second-order valence-electron chi connectivity index (χ2n) is 6.42. The van der Waals surface area contributed by atoms with Gasteiger partial charge < -0.3 is 9.64 Å². The molecule has 1 fully saturated rings. The molecule has 0 aliphatic carbocycles. The highest BCUT2D eigenvalue weighted by atomic mass is 16.6. The number of piperidine rings is 1. The highest BCUT2D eigenvalue weighted by Gasteiger charge is 2.31. The summed E-state index contributed by atoms with van der Waals surface area (Å²) in [5, 5.41) is 8.87. The first-order chi connectivity index (χ1) is 9.90. The average molecular weight is 286 g/mol. The van der Waals surface area contributed by atoms with Gasteiger partial charge in [-0.3, -0.25) is 0 Å². The lowest BCUT2D eigenvalue weighted by Crippen LogP contribution is -2.41. The van der Waals surface area contributed by atoms with Crippen LogP contribution < -0.4 is 0 Å². The molecule has 0 N–H and O–H groups in total. The van der Waals surface area contributed by atoms with E-state index in [2.05, 4.69) is 6.07 Å². The van der Waals surface area contributed by atoms with Crippen LogP contribution in [0.1, 0.15) is 57.2 Å². The van der Waals surface area contributed by atoms with Gasteiger partial charge in [-0.2, -0.15) is 5.26 Å². The van der Waals surface area contributed by atoms with Crippen LogP contribution in [0.15, 0.2) is 24.3 Å². The van der Waals surface area contributed by atoms with Crippen molar-refractivity contribution in [3.05, 3.63) is 35.4 Å². The number of hydrogen-bond acceptors (Lipinski definition) is 3. The van der Waals surface area contributed by atoms with E-state index in [4.69, 9.17) is 10.00 Å². The topological polar surface area (TPSA) is 53.3 Å². The average Bonchev–Trinajstić information content (AvgIpc) is 2.45. The Morgan fingerprint density at radius 1 is 1.29 bits per heavy atom. The van der Waals surface area contributed by atoms with Gasteiger partial charge in [0.1, 0.15) is 5.60 Å². The van der Waals surface area contributed by atoms with Gasteiger partial charge in [-0.15, -0.1) is 0 Å². The van der Waals surface area contributed by atoms with Crippen LogP contribution in [-0.4, -0.2) is 23.1 Å². The van der Waals surface area contributed by atoms with Crippen LogP contribution >= 0.6 is 0 Å². The number of carbonyl (C=O) groups excluding carboxylic acids is 1. The Bertz CT molecular complexity index is 537. The van der Waals surface area contributed by atoms with Crippen LogP contribution in [0.4, 0.5) is 4.79 Å². The molecule has 0 spiro atoms. The van der Waals surface area contributed by atoms with Crippen molar-refractivity contribution in [1.29, 1.82) is 5.26 Å². The fourth-order valence-electron chi connectivity index (χ4n) is 2.60. The van der Waals surface area contributed by atoms with Crippen LogP contribution in [0.2, 0.25) is 0 Å². The molecular weight excluding hydrogens is 264 g/mol. The molecule has 4 nitrogen and oxygen atoms in total. The first-order valence-corrected chi connectivity index (χ1v) is 7.40. The maximum absolute atomic E-state index is 12.4. The van der Waals surface area contributed by atoms with E-state index in [1.54, 1.807) is 12.1 Å².